The molecule has 0 radical (unpaired) electrons. The fraction of sp³-hybridized carbons (Fsp3) is 0.944. The van der Waals surface area contributed by atoms with E-state index in [1.165, 1.54) is 38.8 Å². The largest absolute Gasteiger partial charge is 0.338 e. The summed E-state index contributed by atoms with van der Waals surface area (Å²) in [6.07, 6.45) is 5.28. The SMILES string of the molecule is CC(C)NC(=O)NC[C@@H]1CCN(CC(C)(C)N2CCCCC2)C1. The normalized spacial score (nSPS) is 24.1. The number of hydrogen-bond acceptors (Lipinski definition) is 3. The fourth-order valence-electron chi connectivity index (χ4n) is 3.92. The van der Waals surface area contributed by atoms with Crippen LogP contribution < -0.4 is 10.6 Å². The summed E-state index contributed by atoms with van der Waals surface area (Å²) in [6, 6.07) is 0.160. The van der Waals surface area contributed by atoms with Gasteiger partial charge in [-0.1, -0.05) is 6.42 Å². The number of likely N-dealkylation sites (tertiary alicyclic amines) is 2. The van der Waals surface area contributed by atoms with E-state index in [0.717, 1.165) is 26.2 Å². The van der Waals surface area contributed by atoms with Gasteiger partial charge in [-0.25, -0.2) is 4.79 Å². The molecule has 134 valence electrons. The molecule has 2 N–H and O–H groups in total. The summed E-state index contributed by atoms with van der Waals surface area (Å²) >= 11 is 0. The van der Waals surface area contributed by atoms with Gasteiger partial charge in [0, 0.05) is 31.2 Å². The molecule has 2 aliphatic heterocycles. The Kier molecular flexibility index (Phi) is 6.72. The summed E-state index contributed by atoms with van der Waals surface area (Å²) in [7, 11) is 0. The lowest BCUT2D eigenvalue weighted by Crippen LogP contribution is -2.53. The predicted octanol–water partition coefficient (Wildman–Crippen LogP) is 2.28. The second-order valence-corrected chi connectivity index (χ2v) is 8.26. The van der Waals surface area contributed by atoms with Crippen molar-refractivity contribution in [1.82, 2.24) is 20.4 Å². The van der Waals surface area contributed by atoms with E-state index in [4.69, 9.17) is 0 Å². The van der Waals surface area contributed by atoms with E-state index in [1.54, 1.807) is 0 Å². The van der Waals surface area contributed by atoms with Gasteiger partial charge >= 0.3 is 6.03 Å². The summed E-state index contributed by atoms with van der Waals surface area (Å²) in [5.41, 5.74) is 0.262. The maximum absolute atomic E-state index is 11.7. The number of carbonyl (C=O) groups excluding carboxylic acids is 1. The molecule has 5 heteroatoms. The molecule has 2 amide bonds. The van der Waals surface area contributed by atoms with Gasteiger partial charge in [-0.15, -0.1) is 0 Å². The van der Waals surface area contributed by atoms with Crippen LogP contribution in [0, 0.1) is 5.92 Å². The average Bonchev–Trinajstić information content (AvgIpc) is 2.92. The van der Waals surface area contributed by atoms with E-state index < -0.39 is 0 Å². The Bertz CT molecular complexity index is 377. The standard InChI is InChI=1S/C18H36N4O/c1-15(2)20-17(23)19-12-16-8-11-21(13-16)14-18(3,4)22-9-6-5-7-10-22/h15-16H,5-14H2,1-4H3,(H2,19,20,23)/t16-/m0/s1. The Hall–Kier alpha value is -0.810. The Labute approximate surface area is 142 Å². The highest BCUT2D eigenvalue weighted by molar-refractivity contribution is 5.74. The molecule has 0 saturated carbocycles. The van der Waals surface area contributed by atoms with E-state index in [0.29, 0.717) is 5.92 Å². The molecule has 0 aromatic heterocycles. The predicted molar refractivity (Wildman–Crippen MR) is 95.7 cm³/mol. The van der Waals surface area contributed by atoms with E-state index in [1.807, 2.05) is 13.8 Å². The van der Waals surface area contributed by atoms with Gasteiger partial charge in [-0.3, -0.25) is 4.90 Å². The second kappa shape index (κ2) is 8.34. The van der Waals surface area contributed by atoms with Crippen LogP contribution in [-0.4, -0.2) is 66.7 Å². The molecule has 2 saturated heterocycles. The monoisotopic (exact) mass is 324 g/mol. The van der Waals surface area contributed by atoms with Crippen molar-refractivity contribution < 1.29 is 4.79 Å². The number of urea groups is 1. The fourth-order valence-corrected chi connectivity index (χ4v) is 3.92. The van der Waals surface area contributed by atoms with Crippen molar-refractivity contribution in [2.75, 3.05) is 39.3 Å². The molecule has 1 atom stereocenters. The molecular weight excluding hydrogens is 288 g/mol. The van der Waals surface area contributed by atoms with Gasteiger partial charge in [0.1, 0.15) is 0 Å². The average molecular weight is 325 g/mol. The molecule has 0 aromatic rings. The highest BCUT2D eigenvalue weighted by atomic mass is 16.2. The smallest absolute Gasteiger partial charge is 0.314 e. The molecule has 2 fully saturated rings. The van der Waals surface area contributed by atoms with Crippen LogP contribution in [-0.2, 0) is 0 Å². The van der Waals surface area contributed by atoms with Crippen molar-refractivity contribution in [1.29, 1.82) is 0 Å². The minimum Gasteiger partial charge on any atom is -0.338 e. The molecule has 2 aliphatic rings. The lowest BCUT2D eigenvalue weighted by atomic mass is 9.98. The van der Waals surface area contributed by atoms with Crippen LogP contribution in [0.4, 0.5) is 4.79 Å². The Morgan fingerprint density at radius 2 is 1.87 bits per heavy atom. The van der Waals surface area contributed by atoms with Gasteiger partial charge in [0.05, 0.1) is 0 Å². The molecule has 0 aromatic carbocycles. The van der Waals surface area contributed by atoms with Crippen LogP contribution in [0.3, 0.4) is 0 Å². The maximum Gasteiger partial charge on any atom is 0.314 e. The van der Waals surface area contributed by atoms with E-state index in [9.17, 15) is 4.79 Å². The van der Waals surface area contributed by atoms with Crippen LogP contribution in [0.15, 0.2) is 0 Å². The summed E-state index contributed by atoms with van der Waals surface area (Å²) in [6.45, 7) is 15.5. The van der Waals surface area contributed by atoms with Crippen LogP contribution in [0.1, 0.15) is 53.4 Å². The molecule has 0 unspecified atom stereocenters. The molecular formula is C18H36N4O. The molecule has 2 rings (SSSR count). The Morgan fingerprint density at radius 3 is 2.52 bits per heavy atom. The first-order valence-electron chi connectivity index (χ1n) is 9.38. The minimum atomic E-state index is -0.0351. The lowest BCUT2D eigenvalue weighted by molar-refractivity contribution is 0.0636. The number of amides is 2. The van der Waals surface area contributed by atoms with Crippen LogP contribution in [0.25, 0.3) is 0 Å². The maximum atomic E-state index is 11.7. The summed E-state index contributed by atoms with van der Waals surface area (Å²) in [5, 5.41) is 5.90. The van der Waals surface area contributed by atoms with Crippen molar-refractivity contribution in [3.63, 3.8) is 0 Å². The first-order valence-corrected chi connectivity index (χ1v) is 9.38. The third-order valence-corrected chi connectivity index (χ3v) is 5.16. The number of rotatable bonds is 6. The molecule has 5 nitrogen and oxygen atoms in total. The van der Waals surface area contributed by atoms with Crippen LogP contribution >= 0.6 is 0 Å². The number of hydrogen-bond donors (Lipinski definition) is 2. The van der Waals surface area contributed by atoms with Gasteiger partial charge in [0.2, 0.25) is 0 Å². The topological polar surface area (TPSA) is 47.6 Å². The zero-order valence-corrected chi connectivity index (χ0v) is 15.5. The molecule has 23 heavy (non-hydrogen) atoms. The quantitative estimate of drug-likeness (QED) is 0.788. The number of nitrogens with zero attached hydrogens (tertiary/aromatic N) is 2. The van der Waals surface area contributed by atoms with Gasteiger partial charge < -0.3 is 15.5 Å². The zero-order chi connectivity index (χ0) is 16.9. The Balaban J connectivity index is 1.71. The number of nitrogens with one attached hydrogen (secondary N) is 2. The van der Waals surface area contributed by atoms with E-state index in [2.05, 4.69) is 34.3 Å². The first kappa shape index (κ1) is 18.5. The molecule has 0 spiro atoms. The third-order valence-electron chi connectivity index (χ3n) is 5.16. The second-order valence-electron chi connectivity index (χ2n) is 8.26. The van der Waals surface area contributed by atoms with Gasteiger partial charge in [0.15, 0.2) is 0 Å². The van der Waals surface area contributed by atoms with Crippen molar-refractivity contribution in [3.8, 4) is 0 Å². The summed E-state index contributed by atoms with van der Waals surface area (Å²) in [5.74, 6) is 0.588. The highest BCUT2D eigenvalue weighted by Gasteiger charge is 2.32. The van der Waals surface area contributed by atoms with Gasteiger partial charge in [-0.2, -0.15) is 0 Å². The molecule has 0 bridgehead atoms. The lowest BCUT2D eigenvalue weighted by Gasteiger charge is -2.43. The third kappa shape index (κ3) is 5.96. The van der Waals surface area contributed by atoms with E-state index in [-0.39, 0.29) is 17.6 Å². The van der Waals surface area contributed by atoms with E-state index >= 15 is 0 Å². The summed E-state index contributed by atoms with van der Waals surface area (Å²) < 4.78 is 0. The highest BCUT2D eigenvalue weighted by Crippen LogP contribution is 2.24. The van der Waals surface area contributed by atoms with Crippen molar-refractivity contribution in [3.05, 3.63) is 0 Å². The van der Waals surface area contributed by atoms with Crippen LogP contribution in [0.2, 0.25) is 0 Å². The summed E-state index contributed by atoms with van der Waals surface area (Å²) in [4.78, 5) is 16.9. The minimum absolute atomic E-state index is 0.0351. The van der Waals surface area contributed by atoms with Crippen molar-refractivity contribution in [2.45, 2.75) is 65.0 Å². The van der Waals surface area contributed by atoms with Gasteiger partial charge in [0.25, 0.3) is 0 Å². The number of piperidine rings is 1. The molecule has 2 heterocycles. The molecule has 0 aliphatic carbocycles. The Morgan fingerprint density at radius 1 is 1.17 bits per heavy atom. The van der Waals surface area contributed by atoms with Crippen LogP contribution in [0.5, 0.6) is 0 Å². The van der Waals surface area contributed by atoms with Crippen molar-refractivity contribution >= 4 is 6.03 Å². The first-order chi connectivity index (χ1) is 10.9. The van der Waals surface area contributed by atoms with Gasteiger partial charge in [-0.05, 0) is 72.5 Å². The zero-order valence-electron chi connectivity index (χ0n) is 15.5. The van der Waals surface area contributed by atoms with Crippen molar-refractivity contribution in [2.24, 2.45) is 5.92 Å². The number of carbonyl (C=O) groups is 1.